The van der Waals surface area contributed by atoms with Crippen molar-refractivity contribution in [3.63, 3.8) is 0 Å². The quantitative estimate of drug-likeness (QED) is 0.178. The van der Waals surface area contributed by atoms with Crippen LogP contribution in [-0.4, -0.2) is 19.1 Å². The van der Waals surface area contributed by atoms with Crippen LogP contribution in [0.5, 0.6) is 11.5 Å². The first kappa shape index (κ1) is 27.9. The number of imidazole rings is 1. The summed E-state index contributed by atoms with van der Waals surface area (Å²) in [6.07, 6.45) is 1.86. The van der Waals surface area contributed by atoms with Gasteiger partial charge in [-0.05, 0) is 76.1 Å². The Labute approximate surface area is 292 Å². The monoisotopic (exact) mass is 652 g/mol. The molecule has 0 spiro atoms. The lowest BCUT2D eigenvalue weighted by Gasteiger charge is -2.16. The van der Waals surface area contributed by atoms with Gasteiger partial charge in [0.1, 0.15) is 23.6 Å². The maximum Gasteiger partial charge on any atom is 0.146 e. The highest BCUT2D eigenvalue weighted by atomic mass is 16.5. The molecule has 3 heterocycles. The van der Waals surface area contributed by atoms with Crippen LogP contribution in [0.3, 0.4) is 0 Å². The van der Waals surface area contributed by atoms with Crippen LogP contribution in [0, 0.1) is 0 Å². The highest BCUT2D eigenvalue weighted by Crippen LogP contribution is 2.41. The summed E-state index contributed by atoms with van der Waals surface area (Å²) in [6.45, 7) is 0. The summed E-state index contributed by atoms with van der Waals surface area (Å²) < 4.78 is 11.0. The summed E-state index contributed by atoms with van der Waals surface area (Å²) in [5, 5.41) is 10.7. The Balaban J connectivity index is 1.15. The van der Waals surface area contributed by atoms with Crippen LogP contribution in [0.1, 0.15) is 0 Å². The Kier molecular flexibility index (Phi) is 5.89. The normalized spacial score (nSPS) is 11.9. The molecule has 0 unspecified atom stereocenters. The lowest BCUT2D eigenvalue weighted by molar-refractivity contribution is 0.483. The van der Waals surface area contributed by atoms with Gasteiger partial charge in [-0.1, -0.05) is 97.1 Å². The molecule has 0 saturated carbocycles. The van der Waals surface area contributed by atoms with E-state index < -0.39 is 0 Å². The second kappa shape index (κ2) is 10.8. The Morgan fingerprint density at radius 3 is 1.96 bits per heavy atom. The molecule has 51 heavy (non-hydrogen) atoms. The van der Waals surface area contributed by atoms with Crippen molar-refractivity contribution in [1.82, 2.24) is 19.1 Å². The first-order valence-corrected chi connectivity index (χ1v) is 17.2. The second-order valence-electron chi connectivity index (χ2n) is 13.1. The van der Waals surface area contributed by atoms with Crippen LogP contribution < -0.4 is 4.74 Å². The van der Waals surface area contributed by atoms with Crippen molar-refractivity contribution in [1.29, 1.82) is 0 Å². The Hall–Kier alpha value is -6.98. The molecule has 11 rings (SSSR count). The van der Waals surface area contributed by atoms with Crippen molar-refractivity contribution in [2.24, 2.45) is 0 Å². The standard InChI is InChI=1S/C46H28N4O/c1-3-14-34-29(10-1)20-23-38-44(34)45-35-15-4-2-11-30(35)21-25-40(45)48-46(38)50-41-18-7-5-16-36(41)37-24-22-33(27-43(37)50)51-32-13-9-12-31(26-32)49-28-47-39-17-6-8-19-42(39)49/h1-28H. The van der Waals surface area contributed by atoms with E-state index in [2.05, 4.69) is 148 Å². The number of ether oxygens (including phenoxy) is 1. The third-order valence-electron chi connectivity index (χ3n) is 10.2. The summed E-state index contributed by atoms with van der Waals surface area (Å²) in [6, 6.07) is 57.4. The van der Waals surface area contributed by atoms with Crippen LogP contribution in [0.15, 0.2) is 170 Å². The molecule has 0 radical (unpaired) electrons. The van der Waals surface area contributed by atoms with E-state index in [1.165, 1.54) is 37.7 Å². The molecule has 8 aromatic carbocycles. The topological polar surface area (TPSA) is 44.9 Å². The van der Waals surface area contributed by atoms with Crippen molar-refractivity contribution >= 4 is 76.1 Å². The Morgan fingerprint density at radius 2 is 1.10 bits per heavy atom. The summed E-state index contributed by atoms with van der Waals surface area (Å²) in [5.74, 6) is 2.40. The molecular formula is C46H28N4O. The number of hydrogen-bond donors (Lipinski definition) is 0. The number of fused-ring (bicyclic) bond motifs is 11. The zero-order chi connectivity index (χ0) is 33.5. The van der Waals surface area contributed by atoms with Crippen LogP contribution >= 0.6 is 0 Å². The van der Waals surface area contributed by atoms with E-state index in [0.29, 0.717) is 0 Å². The van der Waals surface area contributed by atoms with Crippen molar-refractivity contribution < 1.29 is 4.74 Å². The molecule has 238 valence electrons. The molecule has 0 fully saturated rings. The first-order chi connectivity index (χ1) is 25.3. The average molecular weight is 653 g/mol. The number of aromatic nitrogens is 4. The third-order valence-corrected chi connectivity index (χ3v) is 10.2. The van der Waals surface area contributed by atoms with Gasteiger partial charge in [0.15, 0.2) is 0 Å². The molecule has 0 amide bonds. The van der Waals surface area contributed by atoms with Crippen LogP contribution in [0.2, 0.25) is 0 Å². The van der Waals surface area contributed by atoms with E-state index in [4.69, 9.17) is 9.72 Å². The summed E-state index contributed by atoms with van der Waals surface area (Å²) >= 11 is 0. The van der Waals surface area contributed by atoms with Gasteiger partial charge in [0.25, 0.3) is 0 Å². The fraction of sp³-hybridized carbons (Fsp3) is 0. The van der Waals surface area contributed by atoms with Gasteiger partial charge in [-0.15, -0.1) is 0 Å². The van der Waals surface area contributed by atoms with Crippen LogP contribution in [0.4, 0.5) is 0 Å². The van der Waals surface area contributed by atoms with E-state index in [1.807, 2.05) is 36.7 Å². The van der Waals surface area contributed by atoms with Gasteiger partial charge < -0.3 is 4.74 Å². The van der Waals surface area contributed by atoms with Gasteiger partial charge in [-0.3, -0.25) is 9.13 Å². The van der Waals surface area contributed by atoms with E-state index in [0.717, 1.165) is 61.4 Å². The van der Waals surface area contributed by atoms with E-state index in [9.17, 15) is 0 Å². The molecule has 3 aromatic heterocycles. The molecular weight excluding hydrogens is 625 g/mol. The minimum absolute atomic E-state index is 0.750. The molecule has 0 aliphatic heterocycles. The van der Waals surface area contributed by atoms with Crippen molar-refractivity contribution in [3.8, 4) is 23.0 Å². The molecule has 0 aliphatic rings. The molecule has 0 aliphatic carbocycles. The third kappa shape index (κ3) is 4.22. The van der Waals surface area contributed by atoms with Gasteiger partial charge >= 0.3 is 0 Å². The van der Waals surface area contributed by atoms with Gasteiger partial charge in [-0.2, -0.15) is 0 Å². The molecule has 5 heteroatoms. The van der Waals surface area contributed by atoms with Crippen LogP contribution in [0.25, 0.3) is 87.6 Å². The average Bonchev–Trinajstić information content (AvgIpc) is 3.76. The Bertz CT molecular complexity index is 3190. The highest BCUT2D eigenvalue weighted by molar-refractivity contribution is 6.28. The largest absolute Gasteiger partial charge is 0.457 e. The zero-order valence-corrected chi connectivity index (χ0v) is 27.4. The van der Waals surface area contributed by atoms with Gasteiger partial charge in [0, 0.05) is 39.1 Å². The lowest BCUT2D eigenvalue weighted by Crippen LogP contribution is -2.01. The second-order valence-corrected chi connectivity index (χ2v) is 13.1. The van der Waals surface area contributed by atoms with Gasteiger partial charge in [-0.25, -0.2) is 9.97 Å². The number of rotatable bonds is 4. The zero-order valence-electron chi connectivity index (χ0n) is 27.4. The maximum atomic E-state index is 6.62. The molecule has 5 nitrogen and oxygen atoms in total. The smallest absolute Gasteiger partial charge is 0.146 e. The SMILES string of the molecule is c1cc(Oc2ccc3c4ccccc4n(-c4nc5ccc6ccccc6c5c5c4ccc4ccccc45)c3c2)cc(-n2cnc3ccccc32)c1. The number of hydrogen-bond acceptors (Lipinski definition) is 3. The predicted octanol–water partition coefficient (Wildman–Crippen LogP) is 11.9. The van der Waals surface area contributed by atoms with E-state index >= 15 is 0 Å². The summed E-state index contributed by atoms with van der Waals surface area (Å²) in [5.41, 5.74) is 6.10. The highest BCUT2D eigenvalue weighted by Gasteiger charge is 2.20. The fourth-order valence-corrected chi connectivity index (χ4v) is 7.93. The van der Waals surface area contributed by atoms with E-state index in [1.54, 1.807) is 0 Å². The van der Waals surface area contributed by atoms with Crippen molar-refractivity contribution in [3.05, 3.63) is 170 Å². The maximum absolute atomic E-state index is 6.62. The minimum Gasteiger partial charge on any atom is -0.457 e. The minimum atomic E-state index is 0.750. The number of benzene rings is 8. The molecule has 0 bridgehead atoms. The molecule has 0 N–H and O–H groups in total. The number of nitrogens with zero attached hydrogens (tertiary/aromatic N) is 4. The lowest BCUT2D eigenvalue weighted by atomic mass is 9.95. The molecule has 0 saturated heterocycles. The fourth-order valence-electron chi connectivity index (χ4n) is 7.93. The van der Waals surface area contributed by atoms with Gasteiger partial charge in [0.05, 0.1) is 33.3 Å². The van der Waals surface area contributed by atoms with Crippen molar-refractivity contribution in [2.45, 2.75) is 0 Å². The van der Waals surface area contributed by atoms with Crippen molar-refractivity contribution in [2.75, 3.05) is 0 Å². The number of para-hydroxylation sites is 3. The predicted molar refractivity (Wildman–Crippen MR) is 210 cm³/mol. The molecule has 0 atom stereocenters. The van der Waals surface area contributed by atoms with E-state index in [-0.39, 0.29) is 0 Å². The van der Waals surface area contributed by atoms with Gasteiger partial charge in [0.2, 0.25) is 0 Å². The first-order valence-electron chi connectivity index (χ1n) is 17.2. The number of pyridine rings is 1. The summed E-state index contributed by atoms with van der Waals surface area (Å²) in [7, 11) is 0. The van der Waals surface area contributed by atoms with Crippen LogP contribution in [-0.2, 0) is 0 Å². The summed E-state index contributed by atoms with van der Waals surface area (Å²) in [4.78, 5) is 10.1. The molecule has 11 aromatic rings. The Morgan fingerprint density at radius 1 is 0.431 bits per heavy atom.